The zero-order valence-electron chi connectivity index (χ0n) is 32.5. The van der Waals surface area contributed by atoms with Gasteiger partial charge in [-0.05, 0) is 113 Å². The van der Waals surface area contributed by atoms with Crippen molar-refractivity contribution in [1.82, 2.24) is 15.0 Å². The average molecular weight is 725 g/mol. The predicted molar refractivity (Wildman–Crippen MR) is 210 cm³/mol. The van der Waals surface area contributed by atoms with Gasteiger partial charge in [-0.3, -0.25) is 0 Å². The fraction of sp³-hybridized carbons (Fsp3) is 0.535. The molecule has 1 saturated carbocycles. The first-order valence-electron chi connectivity index (χ1n) is 19.1. The minimum absolute atomic E-state index is 0.0147. The Morgan fingerprint density at radius 1 is 0.942 bits per heavy atom. The van der Waals surface area contributed by atoms with Crippen LogP contribution in [0.1, 0.15) is 78.5 Å². The lowest BCUT2D eigenvalue weighted by Gasteiger charge is -2.34. The van der Waals surface area contributed by atoms with Crippen molar-refractivity contribution in [1.29, 1.82) is 0 Å². The molecule has 1 radical (unpaired) electrons. The van der Waals surface area contributed by atoms with Crippen LogP contribution in [0.2, 0.25) is 0 Å². The number of nitrogens with zero attached hydrogens (tertiary/aromatic N) is 3. The molecule has 2 aliphatic rings. The predicted octanol–water partition coefficient (Wildman–Crippen LogP) is 7.72. The number of likely N-dealkylation sites (tertiary alicyclic amines) is 1. The fourth-order valence-electron chi connectivity index (χ4n) is 7.49. The highest BCUT2D eigenvalue weighted by atomic mass is 28.3. The number of hydrogen-bond donors (Lipinski definition) is 0. The quantitative estimate of drug-likeness (QED) is 0.131. The second-order valence-electron chi connectivity index (χ2n) is 17.2. The van der Waals surface area contributed by atoms with E-state index in [1.54, 1.807) is 0 Å². The van der Waals surface area contributed by atoms with Crippen LogP contribution in [0.4, 0.5) is 4.79 Å². The molecule has 3 atom stereocenters. The Hall–Kier alpha value is -3.66. The van der Waals surface area contributed by atoms with Crippen LogP contribution in [0.15, 0.2) is 77.3 Å². The van der Waals surface area contributed by atoms with Gasteiger partial charge in [-0.15, -0.1) is 0 Å². The summed E-state index contributed by atoms with van der Waals surface area (Å²) in [6.45, 7) is 15.5. The number of carbonyl (C=O) groups is 1. The third-order valence-corrected chi connectivity index (χ3v) is 12.5. The van der Waals surface area contributed by atoms with Crippen molar-refractivity contribution in [3.63, 3.8) is 0 Å². The first-order chi connectivity index (χ1) is 24.8. The molecule has 1 aliphatic heterocycles. The number of benzene rings is 3. The van der Waals surface area contributed by atoms with Gasteiger partial charge in [0.15, 0.2) is 5.58 Å². The third kappa shape index (κ3) is 9.65. The molecule has 52 heavy (non-hydrogen) atoms. The minimum Gasteiger partial charge on any atom is -0.493 e. The van der Waals surface area contributed by atoms with Crippen LogP contribution >= 0.6 is 0 Å². The van der Waals surface area contributed by atoms with Gasteiger partial charge in [0.1, 0.15) is 11.4 Å². The van der Waals surface area contributed by atoms with Crippen LogP contribution in [-0.4, -0.2) is 75.6 Å². The van der Waals surface area contributed by atoms with Gasteiger partial charge in [0.2, 0.25) is 0 Å². The number of carbonyl (C=O) groups excluding carboxylic acids is 1. The van der Waals surface area contributed by atoms with Crippen LogP contribution in [0.3, 0.4) is 0 Å². The summed E-state index contributed by atoms with van der Waals surface area (Å²) in [5.74, 6) is 2.27. The summed E-state index contributed by atoms with van der Waals surface area (Å²) >= 11 is 0. The number of piperidine rings is 1. The second kappa shape index (κ2) is 16.1. The molecular formula is C43H58N3O5Si. The van der Waals surface area contributed by atoms with Gasteiger partial charge < -0.3 is 28.2 Å². The zero-order chi connectivity index (χ0) is 37.0. The van der Waals surface area contributed by atoms with Crippen LogP contribution in [-0.2, 0) is 22.1 Å². The zero-order valence-corrected chi connectivity index (χ0v) is 33.5. The molecule has 0 spiro atoms. The van der Waals surface area contributed by atoms with E-state index in [2.05, 4.69) is 118 Å². The Bertz CT molecular complexity index is 1720. The van der Waals surface area contributed by atoms with Gasteiger partial charge in [0.25, 0.3) is 9.04 Å². The molecule has 3 unspecified atom stereocenters. The molecule has 1 saturated heterocycles. The Labute approximate surface area is 312 Å². The molecule has 8 nitrogen and oxygen atoms in total. The van der Waals surface area contributed by atoms with Gasteiger partial charge in [-0.2, -0.15) is 0 Å². The van der Waals surface area contributed by atoms with Crippen LogP contribution < -0.4 is 15.1 Å². The summed E-state index contributed by atoms with van der Waals surface area (Å²) in [7, 11) is 2.72. The van der Waals surface area contributed by atoms with E-state index in [0.29, 0.717) is 30.9 Å². The molecule has 4 aromatic rings. The van der Waals surface area contributed by atoms with E-state index in [9.17, 15) is 4.79 Å². The fourth-order valence-corrected chi connectivity index (χ4v) is 9.87. The van der Waals surface area contributed by atoms with Gasteiger partial charge in [-0.1, -0.05) is 86.6 Å². The maximum atomic E-state index is 12.5. The van der Waals surface area contributed by atoms with E-state index in [1.807, 2.05) is 25.7 Å². The Morgan fingerprint density at radius 3 is 2.15 bits per heavy atom. The first-order valence-corrected chi connectivity index (χ1v) is 20.5. The molecule has 6 rings (SSSR count). The Morgan fingerprint density at radius 2 is 1.58 bits per heavy atom. The normalized spacial score (nSPS) is 19.0. The van der Waals surface area contributed by atoms with Crippen LogP contribution in [0.25, 0.3) is 11.0 Å². The van der Waals surface area contributed by atoms with Crippen molar-refractivity contribution >= 4 is 36.5 Å². The van der Waals surface area contributed by atoms with E-state index in [1.165, 1.54) is 10.4 Å². The lowest BCUT2D eigenvalue weighted by molar-refractivity contribution is 0.0181. The minimum atomic E-state index is -1.43. The van der Waals surface area contributed by atoms with Crippen LogP contribution in [0, 0.1) is 23.2 Å². The van der Waals surface area contributed by atoms with Crippen molar-refractivity contribution in [2.24, 2.45) is 23.2 Å². The average Bonchev–Trinajstić information content (AvgIpc) is 3.74. The summed E-state index contributed by atoms with van der Waals surface area (Å²) in [6.07, 6.45) is 4.81. The number of aryl methyl sites for hydroxylation is 1. The summed E-state index contributed by atoms with van der Waals surface area (Å²) < 4.78 is 25.5. The number of aromatic nitrogens is 1. The SMILES string of the molecule is CN(C)Cc1c(OCC2CC2C(O[Si](c2ccccc2)c2ccccc2)C(C)(C)C)ccc2c(CCC3CCN(C(=O)OC(C)(C)C)CC3)noc12. The van der Waals surface area contributed by atoms with Crippen molar-refractivity contribution < 1.29 is 23.2 Å². The Balaban J connectivity index is 1.10. The topological polar surface area (TPSA) is 77.3 Å². The van der Waals surface area contributed by atoms with Gasteiger partial charge in [-0.25, -0.2) is 4.79 Å². The monoisotopic (exact) mass is 724 g/mol. The highest BCUT2D eigenvalue weighted by molar-refractivity contribution is 6.80. The van der Waals surface area contributed by atoms with E-state index in [4.69, 9.17) is 18.4 Å². The van der Waals surface area contributed by atoms with E-state index in [0.717, 1.165) is 73.2 Å². The summed E-state index contributed by atoms with van der Waals surface area (Å²) in [6, 6.07) is 25.7. The van der Waals surface area contributed by atoms with E-state index in [-0.39, 0.29) is 17.6 Å². The molecule has 0 N–H and O–H groups in total. The lowest BCUT2D eigenvalue weighted by Crippen LogP contribution is -2.50. The largest absolute Gasteiger partial charge is 0.493 e. The standard InChI is InChI=1S/C43H58N3O5Si/c1-42(2,3)40(51-52(32-15-11-9-12-16-32)33-17-13-10-14-18-33)35-27-31(35)29-48-38-22-20-34-37(44-50-39(34)36(38)28-45(7)8)21-19-30-23-25-46(26-24-30)41(47)49-43(4,5)6/h9-18,20,22,30-31,35,40H,19,21,23-29H2,1-8H3. The van der Waals surface area contributed by atoms with E-state index < -0.39 is 14.6 Å². The van der Waals surface area contributed by atoms with E-state index >= 15 is 0 Å². The Kier molecular flexibility index (Phi) is 11.8. The maximum absolute atomic E-state index is 12.5. The number of hydrogen-bond acceptors (Lipinski definition) is 7. The number of rotatable bonds is 13. The summed E-state index contributed by atoms with van der Waals surface area (Å²) in [5, 5.41) is 8.19. The van der Waals surface area contributed by atoms with Crippen molar-refractivity contribution in [3.05, 3.63) is 84.1 Å². The number of amides is 1. The van der Waals surface area contributed by atoms with Crippen molar-refractivity contribution in [2.75, 3.05) is 33.8 Å². The smallest absolute Gasteiger partial charge is 0.410 e. The second-order valence-corrected chi connectivity index (χ2v) is 19.2. The van der Waals surface area contributed by atoms with Crippen molar-refractivity contribution in [2.45, 2.75) is 91.9 Å². The molecule has 1 amide bonds. The van der Waals surface area contributed by atoms with Gasteiger partial charge in [0, 0.05) is 25.0 Å². The van der Waals surface area contributed by atoms with Crippen LogP contribution in [0.5, 0.6) is 5.75 Å². The lowest BCUT2D eigenvalue weighted by atomic mass is 9.85. The molecule has 0 bridgehead atoms. The molecular weight excluding hydrogens is 667 g/mol. The maximum Gasteiger partial charge on any atom is 0.410 e. The van der Waals surface area contributed by atoms with Gasteiger partial charge in [0.05, 0.1) is 24.0 Å². The summed E-state index contributed by atoms with van der Waals surface area (Å²) in [5.41, 5.74) is 2.38. The molecule has 1 aromatic heterocycles. The molecule has 1 aliphatic carbocycles. The highest BCUT2D eigenvalue weighted by Crippen LogP contribution is 2.48. The molecule has 9 heteroatoms. The third-order valence-electron chi connectivity index (χ3n) is 10.3. The molecule has 2 fully saturated rings. The molecule has 2 heterocycles. The molecule has 3 aromatic carbocycles. The number of ether oxygens (including phenoxy) is 2. The number of fused-ring (bicyclic) bond motifs is 1. The van der Waals surface area contributed by atoms with Gasteiger partial charge >= 0.3 is 6.09 Å². The summed E-state index contributed by atoms with van der Waals surface area (Å²) in [4.78, 5) is 16.5. The molecule has 279 valence electrons. The first kappa shape index (κ1) is 38.1. The highest BCUT2D eigenvalue weighted by Gasteiger charge is 2.49. The van der Waals surface area contributed by atoms with Crippen molar-refractivity contribution in [3.8, 4) is 5.75 Å².